The molecule has 12 heavy (non-hydrogen) atoms. The van der Waals surface area contributed by atoms with Crippen molar-refractivity contribution in [3.63, 3.8) is 0 Å². The normalized spacial score (nSPS) is 15.4. The van der Waals surface area contributed by atoms with Crippen molar-refractivity contribution in [2.75, 3.05) is 0 Å². The molecule has 1 heteroatoms. The van der Waals surface area contributed by atoms with Gasteiger partial charge in [-0.1, -0.05) is 51.8 Å². The molecular weight excluding hydrogens is 168 g/mol. The van der Waals surface area contributed by atoms with Gasteiger partial charge in [-0.15, -0.1) is 0 Å². The fourth-order valence-electron chi connectivity index (χ4n) is 1.17. The van der Waals surface area contributed by atoms with Crippen LogP contribution in [0.5, 0.6) is 0 Å². The molecule has 0 saturated heterocycles. The maximum atomic E-state index is 5.48. The molecule has 0 amide bonds. The Bertz CT molecular complexity index is 130. The summed E-state index contributed by atoms with van der Waals surface area (Å²) in [6.45, 7) is 9.07. The van der Waals surface area contributed by atoms with Crippen LogP contribution in [0.4, 0.5) is 0 Å². The molecule has 72 valence electrons. The second kappa shape index (κ2) is 5.64. The summed E-state index contributed by atoms with van der Waals surface area (Å²) in [5.41, 5.74) is 2.10. The van der Waals surface area contributed by atoms with E-state index in [-0.39, 0.29) is 0 Å². The van der Waals surface area contributed by atoms with Gasteiger partial charge in [-0.2, -0.15) is 0 Å². The molecule has 0 heterocycles. The highest BCUT2D eigenvalue weighted by Crippen LogP contribution is 2.23. The predicted molar refractivity (Wildman–Crippen MR) is 57.5 cm³/mol. The topological polar surface area (TPSA) is 0 Å². The van der Waals surface area contributed by atoms with Gasteiger partial charge in [0.2, 0.25) is 0 Å². The Balaban J connectivity index is 3.43. The van der Waals surface area contributed by atoms with Crippen LogP contribution in [0.2, 0.25) is 0 Å². The minimum atomic E-state index is 0.477. The highest BCUT2D eigenvalue weighted by atomic mass is 35.5. The van der Waals surface area contributed by atoms with Gasteiger partial charge in [0.25, 0.3) is 0 Å². The molecule has 0 aliphatic rings. The highest BCUT2D eigenvalue weighted by Gasteiger charge is 2.09. The van der Waals surface area contributed by atoms with Crippen molar-refractivity contribution in [2.24, 2.45) is 11.3 Å². The van der Waals surface area contributed by atoms with Gasteiger partial charge < -0.3 is 0 Å². The third-order valence-corrected chi connectivity index (χ3v) is 2.13. The molecule has 0 bridgehead atoms. The molecule has 0 aliphatic heterocycles. The second-order valence-electron chi connectivity index (χ2n) is 4.75. The predicted octanol–water partition coefficient (Wildman–Crippen LogP) is 4.59. The molecule has 0 fully saturated rings. The van der Waals surface area contributed by atoms with Crippen LogP contribution in [0.1, 0.15) is 47.0 Å². The lowest BCUT2D eigenvalue weighted by Gasteiger charge is -2.18. The summed E-state index contributed by atoms with van der Waals surface area (Å²) in [4.78, 5) is 0. The number of hydrogen-bond donors (Lipinski definition) is 0. The summed E-state index contributed by atoms with van der Waals surface area (Å²) in [5, 5.41) is 0. The fraction of sp³-hybridized carbons (Fsp3) is 0.818. The Labute approximate surface area is 82.0 Å². The van der Waals surface area contributed by atoms with E-state index in [2.05, 4.69) is 33.8 Å². The van der Waals surface area contributed by atoms with E-state index in [4.69, 9.17) is 11.6 Å². The number of rotatable bonds is 4. The SMILES string of the molecule is CC(/C=C/Cl)CCCC(C)(C)C. The average Bonchev–Trinajstić information content (AvgIpc) is 1.84. The van der Waals surface area contributed by atoms with Gasteiger partial charge in [0.05, 0.1) is 0 Å². The first-order valence-electron chi connectivity index (χ1n) is 4.72. The van der Waals surface area contributed by atoms with Crippen molar-refractivity contribution in [1.82, 2.24) is 0 Å². The Morgan fingerprint density at radius 2 is 1.92 bits per heavy atom. The van der Waals surface area contributed by atoms with Crippen molar-refractivity contribution in [3.8, 4) is 0 Å². The van der Waals surface area contributed by atoms with E-state index in [1.165, 1.54) is 19.3 Å². The van der Waals surface area contributed by atoms with E-state index < -0.39 is 0 Å². The Morgan fingerprint density at radius 3 is 2.33 bits per heavy atom. The standard InChI is InChI=1S/C11H21Cl/c1-10(7-9-12)6-5-8-11(2,3)4/h7,9-10H,5-6,8H2,1-4H3/b9-7+. The molecule has 0 aliphatic carbocycles. The van der Waals surface area contributed by atoms with E-state index in [9.17, 15) is 0 Å². The summed E-state index contributed by atoms with van der Waals surface area (Å²) in [5.74, 6) is 0.629. The minimum absolute atomic E-state index is 0.477. The fourth-order valence-corrected chi connectivity index (χ4v) is 1.42. The van der Waals surface area contributed by atoms with Gasteiger partial charge in [-0.3, -0.25) is 0 Å². The molecule has 0 aromatic heterocycles. The molecule has 0 aromatic carbocycles. The van der Waals surface area contributed by atoms with Gasteiger partial charge in [0, 0.05) is 5.54 Å². The molecule has 0 spiro atoms. The molecule has 0 aromatic rings. The summed E-state index contributed by atoms with van der Waals surface area (Å²) >= 11 is 5.48. The van der Waals surface area contributed by atoms with Crippen molar-refractivity contribution < 1.29 is 0 Å². The van der Waals surface area contributed by atoms with Crippen LogP contribution >= 0.6 is 11.6 Å². The van der Waals surface area contributed by atoms with Crippen LogP contribution < -0.4 is 0 Å². The van der Waals surface area contributed by atoms with E-state index in [0.717, 1.165) is 0 Å². The zero-order chi connectivity index (χ0) is 9.61. The van der Waals surface area contributed by atoms with E-state index in [1.54, 1.807) is 5.54 Å². The third kappa shape index (κ3) is 8.13. The van der Waals surface area contributed by atoms with E-state index in [1.807, 2.05) is 0 Å². The number of allylic oxidation sites excluding steroid dienone is 1. The Hall–Kier alpha value is 0.0300. The Kier molecular flexibility index (Phi) is 5.65. The zero-order valence-corrected chi connectivity index (χ0v) is 9.49. The first-order valence-corrected chi connectivity index (χ1v) is 5.16. The van der Waals surface area contributed by atoms with Gasteiger partial charge >= 0.3 is 0 Å². The molecule has 1 unspecified atom stereocenters. The van der Waals surface area contributed by atoms with Crippen LogP contribution in [-0.2, 0) is 0 Å². The number of hydrogen-bond acceptors (Lipinski definition) is 0. The molecular formula is C11H21Cl. The van der Waals surface area contributed by atoms with Crippen LogP contribution in [0.3, 0.4) is 0 Å². The molecule has 0 rings (SSSR count). The zero-order valence-electron chi connectivity index (χ0n) is 8.73. The lowest BCUT2D eigenvalue weighted by molar-refractivity contribution is 0.352. The van der Waals surface area contributed by atoms with Crippen LogP contribution in [0.15, 0.2) is 11.6 Å². The van der Waals surface area contributed by atoms with Gasteiger partial charge in [-0.25, -0.2) is 0 Å². The monoisotopic (exact) mass is 188 g/mol. The lowest BCUT2D eigenvalue weighted by Crippen LogP contribution is -2.05. The van der Waals surface area contributed by atoms with Crippen molar-refractivity contribution >= 4 is 11.6 Å². The summed E-state index contributed by atoms with van der Waals surface area (Å²) < 4.78 is 0. The van der Waals surface area contributed by atoms with Crippen molar-refractivity contribution in [2.45, 2.75) is 47.0 Å². The smallest absolute Gasteiger partial charge is 0.000514 e. The molecule has 0 radical (unpaired) electrons. The summed E-state index contributed by atoms with van der Waals surface area (Å²) in [6.07, 6.45) is 5.91. The number of halogens is 1. The van der Waals surface area contributed by atoms with E-state index >= 15 is 0 Å². The summed E-state index contributed by atoms with van der Waals surface area (Å²) in [7, 11) is 0. The summed E-state index contributed by atoms with van der Waals surface area (Å²) in [6, 6.07) is 0. The quantitative estimate of drug-likeness (QED) is 0.606. The maximum absolute atomic E-state index is 5.48. The third-order valence-electron chi connectivity index (χ3n) is 1.99. The first-order chi connectivity index (χ1) is 5.45. The van der Waals surface area contributed by atoms with Gasteiger partial charge in [-0.05, 0) is 24.2 Å². The van der Waals surface area contributed by atoms with E-state index in [0.29, 0.717) is 11.3 Å². The Morgan fingerprint density at radius 1 is 1.33 bits per heavy atom. The average molecular weight is 189 g/mol. The van der Waals surface area contributed by atoms with Crippen molar-refractivity contribution in [1.29, 1.82) is 0 Å². The maximum Gasteiger partial charge on any atom is 0.000514 e. The molecule has 0 saturated carbocycles. The highest BCUT2D eigenvalue weighted by molar-refractivity contribution is 6.25. The molecule has 0 N–H and O–H groups in total. The van der Waals surface area contributed by atoms with Crippen LogP contribution in [0, 0.1) is 11.3 Å². The van der Waals surface area contributed by atoms with Crippen LogP contribution in [0.25, 0.3) is 0 Å². The largest absolute Gasteiger partial charge is 0.0933 e. The van der Waals surface area contributed by atoms with Crippen LogP contribution in [-0.4, -0.2) is 0 Å². The van der Waals surface area contributed by atoms with Crippen molar-refractivity contribution in [3.05, 3.63) is 11.6 Å². The molecule has 0 nitrogen and oxygen atoms in total. The van der Waals surface area contributed by atoms with Gasteiger partial charge in [0.1, 0.15) is 0 Å². The lowest BCUT2D eigenvalue weighted by atomic mass is 9.88. The van der Waals surface area contributed by atoms with Gasteiger partial charge in [0.15, 0.2) is 0 Å². The first kappa shape index (κ1) is 12.0. The minimum Gasteiger partial charge on any atom is -0.0933 e. The second-order valence-corrected chi connectivity index (χ2v) is 5.00. The molecule has 1 atom stereocenters.